The summed E-state index contributed by atoms with van der Waals surface area (Å²) in [5, 5.41) is 9.51. The van der Waals surface area contributed by atoms with E-state index < -0.39 is 0 Å². The molecule has 2 N–H and O–H groups in total. The Morgan fingerprint density at radius 2 is 2.43 bits per heavy atom. The highest BCUT2D eigenvalue weighted by molar-refractivity contribution is 9.10. The fraction of sp³-hybridized carbons (Fsp3) is 0.125. The van der Waals surface area contributed by atoms with Gasteiger partial charge in [-0.2, -0.15) is 0 Å². The molecule has 1 rings (SSSR count). The fourth-order valence-electron chi connectivity index (χ4n) is 0.881. The van der Waals surface area contributed by atoms with E-state index >= 15 is 0 Å². The normalized spacial score (nSPS) is 9.29. The Morgan fingerprint density at radius 3 is 2.86 bits per heavy atom. The lowest BCUT2D eigenvalue weighted by molar-refractivity contribution is 0.251. The summed E-state index contributed by atoms with van der Waals surface area (Å²) in [6.07, 6.45) is 2.44. The fourth-order valence-corrected chi connectivity index (χ4v) is 1.12. The predicted molar refractivity (Wildman–Crippen MR) is 57.7 cm³/mol. The van der Waals surface area contributed by atoms with E-state index in [1.165, 1.54) is 13.2 Å². The molecule has 0 bridgehead atoms. The average Bonchev–Trinajstić information content (AvgIpc) is 2.21. The molecule has 74 valence electrons. The van der Waals surface area contributed by atoms with Crippen LogP contribution in [0.5, 0.6) is 0 Å². The van der Waals surface area contributed by atoms with Gasteiger partial charge in [-0.25, -0.2) is 9.78 Å². The zero-order valence-corrected chi connectivity index (χ0v) is 9.08. The number of carbonyl (C=O) groups is 1. The molecule has 5 nitrogen and oxygen atoms in total. The number of nitrogens with one attached hydrogen (secondary N) is 2. The Hall–Kier alpha value is -1.43. The van der Waals surface area contributed by atoms with Gasteiger partial charge in [-0.3, -0.25) is 10.3 Å². The lowest BCUT2D eigenvalue weighted by Crippen LogP contribution is -2.36. The first-order chi connectivity index (χ1) is 6.69. The molecule has 0 saturated heterocycles. The van der Waals surface area contributed by atoms with E-state index in [9.17, 15) is 4.79 Å². The molecule has 0 aliphatic heterocycles. The quantitative estimate of drug-likeness (QED) is 0.480. The predicted octanol–water partition coefficient (Wildman–Crippen LogP) is 1.60. The lowest BCUT2D eigenvalue weighted by Gasteiger charge is -2.15. The van der Waals surface area contributed by atoms with Crippen molar-refractivity contribution in [3.63, 3.8) is 0 Å². The Balaban J connectivity index is 2.95. The summed E-state index contributed by atoms with van der Waals surface area (Å²) in [6, 6.07) is 3.02. The third kappa shape index (κ3) is 2.29. The van der Waals surface area contributed by atoms with E-state index in [-0.39, 0.29) is 6.03 Å². The largest absolute Gasteiger partial charge is 0.340 e. The van der Waals surface area contributed by atoms with Crippen molar-refractivity contribution in [2.45, 2.75) is 0 Å². The van der Waals surface area contributed by atoms with E-state index in [1.807, 2.05) is 0 Å². The van der Waals surface area contributed by atoms with Crippen LogP contribution in [-0.2, 0) is 0 Å². The molecule has 14 heavy (non-hydrogen) atoms. The Morgan fingerprint density at radius 1 is 1.71 bits per heavy atom. The summed E-state index contributed by atoms with van der Waals surface area (Å²) in [5.41, 5.74) is 0.544. The Labute approximate surface area is 89.8 Å². The zero-order chi connectivity index (χ0) is 10.6. The van der Waals surface area contributed by atoms with Crippen molar-refractivity contribution in [3.05, 3.63) is 22.9 Å². The van der Waals surface area contributed by atoms with Crippen LogP contribution < -0.4 is 10.2 Å². The molecule has 6 heteroatoms. The van der Waals surface area contributed by atoms with Gasteiger partial charge in [-0.1, -0.05) is 0 Å². The third-order valence-electron chi connectivity index (χ3n) is 1.55. The van der Waals surface area contributed by atoms with E-state index in [0.717, 1.165) is 11.2 Å². The zero-order valence-electron chi connectivity index (χ0n) is 7.49. The van der Waals surface area contributed by atoms with Gasteiger partial charge in [0.2, 0.25) is 0 Å². The van der Waals surface area contributed by atoms with Crippen molar-refractivity contribution >= 4 is 34.0 Å². The molecule has 0 saturated carbocycles. The first-order valence-corrected chi connectivity index (χ1v) is 4.61. The molecule has 0 aromatic carbocycles. The maximum atomic E-state index is 11.3. The SMILES string of the molecule is CNC(=O)N(C=N)c1ccc(Br)nc1. The molecule has 1 aromatic heterocycles. The molecule has 2 amide bonds. The first-order valence-electron chi connectivity index (χ1n) is 3.82. The molecular weight excluding hydrogens is 248 g/mol. The van der Waals surface area contributed by atoms with E-state index in [2.05, 4.69) is 26.2 Å². The number of rotatable bonds is 2. The standard InChI is InChI=1S/C8H9BrN4O/c1-11-8(14)13(5-10)6-2-3-7(9)12-4-6/h2-5,10H,1H3,(H,11,14). The molecule has 0 radical (unpaired) electrons. The van der Waals surface area contributed by atoms with Gasteiger partial charge in [-0.15, -0.1) is 0 Å². The number of aromatic nitrogens is 1. The van der Waals surface area contributed by atoms with Crippen LogP contribution in [0.15, 0.2) is 22.9 Å². The number of nitrogens with zero attached hydrogens (tertiary/aromatic N) is 2. The van der Waals surface area contributed by atoms with Crippen LogP contribution in [-0.4, -0.2) is 24.4 Å². The summed E-state index contributed by atoms with van der Waals surface area (Å²) < 4.78 is 0.683. The summed E-state index contributed by atoms with van der Waals surface area (Å²) in [6.45, 7) is 0. The summed E-state index contributed by atoms with van der Waals surface area (Å²) in [7, 11) is 1.51. The van der Waals surface area contributed by atoms with Gasteiger partial charge < -0.3 is 5.32 Å². The molecule has 0 unspecified atom stereocenters. The molecular formula is C8H9BrN4O. The van der Waals surface area contributed by atoms with Crippen molar-refractivity contribution in [3.8, 4) is 0 Å². The number of carbonyl (C=O) groups excluding carboxylic acids is 1. The second-order valence-electron chi connectivity index (χ2n) is 2.39. The maximum absolute atomic E-state index is 11.3. The first kappa shape index (κ1) is 10.6. The van der Waals surface area contributed by atoms with Crippen LogP contribution in [0, 0.1) is 5.41 Å². The Kier molecular flexibility index (Phi) is 3.58. The highest BCUT2D eigenvalue weighted by atomic mass is 79.9. The third-order valence-corrected chi connectivity index (χ3v) is 2.02. The number of halogens is 1. The van der Waals surface area contributed by atoms with Gasteiger partial charge in [0.25, 0.3) is 0 Å². The Bertz CT molecular complexity index is 338. The van der Waals surface area contributed by atoms with Gasteiger partial charge >= 0.3 is 6.03 Å². The number of hydrogen-bond donors (Lipinski definition) is 2. The second-order valence-corrected chi connectivity index (χ2v) is 3.21. The molecule has 1 aromatic rings. The van der Waals surface area contributed by atoms with E-state index in [1.54, 1.807) is 12.1 Å². The van der Waals surface area contributed by atoms with Gasteiger partial charge in [0, 0.05) is 7.05 Å². The monoisotopic (exact) mass is 256 g/mol. The minimum Gasteiger partial charge on any atom is -0.340 e. The van der Waals surface area contributed by atoms with E-state index in [0.29, 0.717) is 10.3 Å². The van der Waals surface area contributed by atoms with Crippen molar-refractivity contribution in [1.82, 2.24) is 10.3 Å². The van der Waals surface area contributed by atoms with Gasteiger partial charge in [0.15, 0.2) is 0 Å². The maximum Gasteiger partial charge on any atom is 0.327 e. The summed E-state index contributed by atoms with van der Waals surface area (Å²) in [5.74, 6) is 0. The van der Waals surface area contributed by atoms with Crippen molar-refractivity contribution in [2.24, 2.45) is 0 Å². The van der Waals surface area contributed by atoms with Crippen LogP contribution >= 0.6 is 15.9 Å². The number of anilines is 1. The second kappa shape index (κ2) is 4.71. The van der Waals surface area contributed by atoms with Crippen LogP contribution in [0.1, 0.15) is 0 Å². The average molecular weight is 257 g/mol. The van der Waals surface area contributed by atoms with Crippen LogP contribution in [0.25, 0.3) is 0 Å². The van der Waals surface area contributed by atoms with Gasteiger partial charge in [0.1, 0.15) is 4.60 Å². The van der Waals surface area contributed by atoms with Crippen LogP contribution in [0.4, 0.5) is 10.5 Å². The molecule has 0 fully saturated rings. The summed E-state index contributed by atoms with van der Waals surface area (Å²) >= 11 is 3.18. The number of hydrogen-bond acceptors (Lipinski definition) is 3. The smallest absolute Gasteiger partial charge is 0.327 e. The molecule has 0 spiro atoms. The van der Waals surface area contributed by atoms with Crippen molar-refractivity contribution in [2.75, 3.05) is 11.9 Å². The van der Waals surface area contributed by atoms with Crippen LogP contribution in [0.3, 0.4) is 0 Å². The van der Waals surface area contributed by atoms with Crippen LogP contribution in [0.2, 0.25) is 0 Å². The minimum atomic E-state index is -0.371. The molecule has 1 heterocycles. The number of urea groups is 1. The highest BCUT2D eigenvalue weighted by Crippen LogP contribution is 2.14. The van der Waals surface area contributed by atoms with Crippen molar-refractivity contribution in [1.29, 1.82) is 5.41 Å². The molecule has 0 atom stereocenters. The number of amides is 2. The van der Waals surface area contributed by atoms with Gasteiger partial charge in [0.05, 0.1) is 18.2 Å². The van der Waals surface area contributed by atoms with Crippen molar-refractivity contribution < 1.29 is 4.79 Å². The van der Waals surface area contributed by atoms with Gasteiger partial charge in [-0.05, 0) is 28.1 Å². The van der Waals surface area contributed by atoms with E-state index in [4.69, 9.17) is 5.41 Å². The highest BCUT2D eigenvalue weighted by Gasteiger charge is 2.10. The molecule has 0 aliphatic rings. The summed E-state index contributed by atoms with van der Waals surface area (Å²) in [4.78, 5) is 16.4. The number of pyridine rings is 1. The lowest BCUT2D eigenvalue weighted by atomic mass is 10.4. The topological polar surface area (TPSA) is 69.1 Å². The minimum absolute atomic E-state index is 0.371. The molecule has 0 aliphatic carbocycles.